The van der Waals surface area contributed by atoms with Gasteiger partial charge in [0.2, 0.25) is 11.8 Å². The summed E-state index contributed by atoms with van der Waals surface area (Å²) in [5.74, 6) is -0.0573. The Morgan fingerprint density at radius 2 is 1.85 bits per heavy atom. The van der Waals surface area contributed by atoms with Crippen molar-refractivity contribution < 1.29 is 9.59 Å². The van der Waals surface area contributed by atoms with Crippen molar-refractivity contribution in [2.24, 2.45) is 5.41 Å². The van der Waals surface area contributed by atoms with Gasteiger partial charge in [-0.1, -0.05) is 13.8 Å². The average molecular weight is 183 g/mol. The van der Waals surface area contributed by atoms with E-state index in [1.54, 1.807) is 0 Å². The van der Waals surface area contributed by atoms with Crippen LogP contribution in [0.5, 0.6) is 0 Å². The van der Waals surface area contributed by atoms with Gasteiger partial charge in [0.25, 0.3) is 0 Å². The van der Waals surface area contributed by atoms with Crippen LogP contribution in [0.4, 0.5) is 0 Å². The number of carbonyl (C=O) groups is 2. The molecule has 0 unspecified atom stereocenters. The van der Waals surface area contributed by atoms with Gasteiger partial charge in [-0.05, 0) is 20.3 Å². The number of amides is 2. The molecule has 1 aliphatic rings. The first-order chi connectivity index (χ1) is 5.86. The van der Waals surface area contributed by atoms with E-state index in [0.717, 1.165) is 0 Å². The van der Waals surface area contributed by atoms with E-state index in [-0.39, 0.29) is 23.3 Å². The Labute approximate surface area is 79.1 Å². The molecule has 74 valence electrons. The SMILES string of the molecule is CC(C)N1C(=O)CCC(C)(C)C1=O. The van der Waals surface area contributed by atoms with Crippen LogP contribution in [0, 0.1) is 5.41 Å². The molecule has 1 fully saturated rings. The normalized spacial score (nSPS) is 22.7. The zero-order valence-electron chi connectivity index (χ0n) is 8.76. The second-order valence-electron chi connectivity index (χ2n) is 4.55. The van der Waals surface area contributed by atoms with Gasteiger partial charge in [0.15, 0.2) is 0 Å². The van der Waals surface area contributed by atoms with Crippen LogP contribution in [-0.4, -0.2) is 22.8 Å². The molecule has 0 bridgehead atoms. The molecule has 0 N–H and O–H groups in total. The maximum absolute atomic E-state index is 11.8. The second kappa shape index (κ2) is 3.13. The predicted molar refractivity (Wildman–Crippen MR) is 50.0 cm³/mol. The molecule has 0 aromatic rings. The summed E-state index contributed by atoms with van der Waals surface area (Å²) >= 11 is 0. The lowest BCUT2D eigenvalue weighted by molar-refractivity contribution is -0.158. The minimum Gasteiger partial charge on any atom is -0.280 e. The summed E-state index contributed by atoms with van der Waals surface area (Å²) in [6.07, 6.45) is 1.17. The Bertz CT molecular complexity index is 243. The molecule has 0 aromatic heterocycles. The summed E-state index contributed by atoms with van der Waals surface area (Å²) in [6, 6.07) is -0.0143. The first kappa shape index (κ1) is 10.2. The zero-order chi connectivity index (χ0) is 10.2. The van der Waals surface area contributed by atoms with Gasteiger partial charge in [0.1, 0.15) is 0 Å². The molecule has 0 aromatic carbocycles. The average Bonchev–Trinajstić information content (AvgIpc) is 1.98. The highest BCUT2D eigenvalue weighted by Gasteiger charge is 2.40. The standard InChI is InChI=1S/C10H17NO2/c1-7(2)11-8(12)5-6-10(3,4)9(11)13/h7H,5-6H2,1-4H3. The van der Waals surface area contributed by atoms with E-state index in [1.165, 1.54) is 4.90 Å². The number of imide groups is 1. The fourth-order valence-electron chi connectivity index (χ4n) is 1.61. The van der Waals surface area contributed by atoms with Crippen LogP contribution in [-0.2, 0) is 9.59 Å². The lowest BCUT2D eigenvalue weighted by atomic mass is 9.82. The highest BCUT2D eigenvalue weighted by Crippen LogP contribution is 2.31. The van der Waals surface area contributed by atoms with E-state index in [2.05, 4.69) is 0 Å². The van der Waals surface area contributed by atoms with Crippen molar-refractivity contribution in [1.29, 1.82) is 0 Å². The fourth-order valence-corrected chi connectivity index (χ4v) is 1.61. The van der Waals surface area contributed by atoms with Crippen molar-refractivity contribution in [3.05, 3.63) is 0 Å². The van der Waals surface area contributed by atoms with E-state index in [1.807, 2.05) is 27.7 Å². The first-order valence-electron chi connectivity index (χ1n) is 4.73. The first-order valence-corrected chi connectivity index (χ1v) is 4.73. The Balaban J connectivity index is 2.92. The van der Waals surface area contributed by atoms with Crippen LogP contribution in [0.1, 0.15) is 40.5 Å². The number of piperidine rings is 1. The Hall–Kier alpha value is -0.860. The van der Waals surface area contributed by atoms with Gasteiger partial charge in [-0.2, -0.15) is 0 Å². The number of hydrogen-bond acceptors (Lipinski definition) is 2. The predicted octanol–water partition coefficient (Wildman–Crippen LogP) is 1.57. The maximum atomic E-state index is 11.8. The van der Waals surface area contributed by atoms with Crippen LogP contribution in [0.25, 0.3) is 0 Å². The van der Waals surface area contributed by atoms with Crippen LogP contribution in [0.15, 0.2) is 0 Å². The molecule has 0 spiro atoms. The lowest BCUT2D eigenvalue weighted by Gasteiger charge is -2.37. The molecule has 3 heteroatoms. The van der Waals surface area contributed by atoms with Crippen LogP contribution >= 0.6 is 0 Å². The molecule has 1 heterocycles. The number of likely N-dealkylation sites (tertiary alicyclic amines) is 1. The molecular weight excluding hydrogens is 166 g/mol. The van der Waals surface area contributed by atoms with E-state index in [0.29, 0.717) is 12.8 Å². The third kappa shape index (κ3) is 1.74. The molecule has 0 saturated carbocycles. The number of hydrogen-bond donors (Lipinski definition) is 0. The second-order valence-corrected chi connectivity index (χ2v) is 4.55. The minimum atomic E-state index is -0.363. The van der Waals surface area contributed by atoms with E-state index >= 15 is 0 Å². The summed E-state index contributed by atoms with van der Waals surface area (Å²) in [5, 5.41) is 0. The van der Waals surface area contributed by atoms with Crippen molar-refractivity contribution in [1.82, 2.24) is 4.90 Å². The number of carbonyl (C=O) groups excluding carboxylic acids is 2. The number of rotatable bonds is 1. The lowest BCUT2D eigenvalue weighted by Crippen LogP contribution is -2.52. The van der Waals surface area contributed by atoms with Gasteiger partial charge < -0.3 is 0 Å². The molecule has 0 radical (unpaired) electrons. The van der Waals surface area contributed by atoms with Crippen molar-refractivity contribution in [2.75, 3.05) is 0 Å². The molecule has 1 rings (SSSR count). The molecule has 0 aliphatic carbocycles. The third-order valence-electron chi connectivity index (χ3n) is 2.55. The summed E-state index contributed by atoms with van der Waals surface area (Å²) in [5.41, 5.74) is -0.363. The maximum Gasteiger partial charge on any atom is 0.235 e. The van der Waals surface area contributed by atoms with Crippen LogP contribution in [0.2, 0.25) is 0 Å². The van der Waals surface area contributed by atoms with Gasteiger partial charge in [-0.3, -0.25) is 14.5 Å². The van der Waals surface area contributed by atoms with Crippen molar-refractivity contribution in [3.63, 3.8) is 0 Å². The van der Waals surface area contributed by atoms with E-state index in [9.17, 15) is 9.59 Å². The van der Waals surface area contributed by atoms with E-state index in [4.69, 9.17) is 0 Å². The molecule has 3 nitrogen and oxygen atoms in total. The molecule has 2 amide bonds. The van der Waals surface area contributed by atoms with Gasteiger partial charge in [0, 0.05) is 17.9 Å². The van der Waals surface area contributed by atoms with Crippen molar-refractivity contribution in [2.45, 2.75) is 46.6 Å². The molecule has 13 heavy (non-hydrogen) atoms. The fraction of sp³-hybridized carbons (Fsp3) is 0.800. The van der Waals surface area contributed by atoms with Gasteiger partial charge in [0.05, 0.1) is 0 Å². The summed E-state index contributed by atoms with van der Waals surface area (Å²) < 4.78 is 0. The Morgan fingerprint density at radius 3 is 2.23 bits per heavy atom. The minimum absolute atomic E-state index is 0.0143. The Kier molecular flexibility index (Phi) is 2.46. The molecule has 1 saturated heterocycles. The highest BCUT2D eigenvalue weighted by molar-refractivity contribution is 6.00. The quantitative estimate of drug-likeness (QED) is 0.579. The molecule has 0 atom stereocenters. The third-order valence-corrected chi connectivity index (χ3v) is 2.55. The van der Waals surface area contributed by atoms with Gasteiger partial charge in [-0.15, -0.1) is 0 Å². The summed E-state index contributed by atoms with van der Waals surface area (Å²) in [4.78, 5) is 24.6. The highest BCUT2D eigenvalue weighted by atomic mass is 16.2. The Morgan fingerprint density at radius 1 is 1.31 bits per heavy atom. The van der Waals surface area contributed by atoms with Gasteiger partial charge >= 0.3 is 0 Å². The largest absolute Gasteiger partial charge is 0.280 e. The van der Waals surface area contributed by atoms with Crippen LogP contribution < -0.4 is 0 Å². The zero-order valence-corrected chi connectivity index (χ0v) is 8.76. The van der Waals surface area contributed by atoms with Gasteiger partial charge in [-0.25, -0.2) is 0 Å². The van der Waals surface area contributed by atoms with Crippen LogP contribution in [0.3, 0.4) is 0 Å². The topological polar surface area (TPSA) is 37.4 Å². The molecular formula is C10H17NO2. The van der Waals surface area contributed by atoms with Crippen molar-refractivity contribution >= 4 is 11.8 Å². The number of nitrogens with zero attached hydrogens (tertiary/aromatic N) is 1. The smallest absolute Gasteiger partial charge is 0.235 e. The van der Waals surface area contributed by atoms with E-state index < -0.39 is 0 Å². The summed E-state index contributed by atoms with van der Waals surface area (Å²) in [7, 11) is 0. The monoisotopic (exact) mass is 183 g/mol. The summed E-state index contributed by atoms with van der Waals surface area (Å²) in [6.45, 7) is 7.54. The molecule has 1 aliphatic heterocycles. The van der Waals surface area contributed by atoms with Crippen molar-refractivity contribution in [3.8, 4) is 0 Å².